The van der Waals surface area contributed by atoms with Gasteiger partial charge in [-0.2, -0.15) is 4.31 Å². The van der Waals surface area contributed by atoms with Gasteiger partial charge in [0.2, 0.25) is 5.91 Å². The van der Waals surface area contributed by atoms with Crippen LogP contribution in [0.5, 0.6) is 0 Å². The van der Waals surface area contributed by atoms with Gasteiger partial charge in [-0.25, -0.2) is 8.42 Å². The van der Waals surface area contributed by atoms with E-state index in [2.05, 4.69) is 0 Å². The number of aliphatic hydroxyl groups excluding tert-OH is 1. The van der Waals surface area contributed by atoms with Gasteiger partial charge in [0.15, 0.2) is 0 Å². The summed E-state index contributed by atoms with van der Waals surface area (Å²) >= 11 is 1.13. The van der Waals surface area contributed by atoms with Crippen LogP contribution in [0.25, 0.3) is 0 Å². The molecule has 0 aliphatic carbocycles. The molecule has 0 atom stereocenters. The van der Waals surface area contributed by atoms with Crippen molar-refractivity contribution in [1.82, 2.24) is 9.21 Å². The van der Waals surface area contributed by atoms with Crippen LogP contribution in [0.4, 0.5) is 0 Å². The predicted octanol–water partition coefficient (Wildman–Crippen LogP) is 0.600. The Kier molecular flexibility index (Phi) is 6.60. The van der Waals surface area contributed by atoms with Crippen molar-refractivity contribution in [2.75, 3.05) is 33.3 Å². The third kappa shape index (κ3) is 4.27. The summed E-state index contributed by atoms with van der Waals surface area (Å²) in [5, 5.41) is 10.5. The van der Waals surface area contributed by atoms with Crippen LogP contribution in [0.3, 0.4) is 0 Å². The van der Waals surface area contributed by atoms with Crippen LogP contribution in [0, 0.1) is 0 Å². The van der Waals surface area contributed by atoms with Gasteiger partial charge in [-0.1, -0.05) is 6.07 Å². The third-order valence-corrected chi connectivity index (χ3v) is 6.01. The molecule has 0 aliphatic rings. The maximum Gasteiger partial charge on any atom is 0.252 e. The molecule has 1 aromatic heterocycles. The molecule has 0 saturated heterocycles. The zero-order valence-electron chi connectivity index (χ0n) is 11.7. The Morgan fingerprint density at radius 2 is 2.15 bits per heavy atom. The quantitative estimate of drug-likeness (QED) is 0.761. The van der Waals surface area contributed by atoms with Crippen LogP contribution in [0.2, 0.25) is 0 Å². The van der Waals surface area contributed by atoms with E-state index in [4.69, 9.17) is 5.11 Å². The molecule has 6 nitrogen and oxygen atoms in total. The van der Waals surface area contributed by atoms with Crippen LogP contribution in [-0.2, 0) is 14.8 Å². The van der Waals surface area contributed by atoms with Crippen molar-refractivity contribution in [2.24, 2.45) is 0 Å². The molecule has 0 spiro atoms. The Morgan fingerprint density at radius 1 is 1.45 bits per heavy atom. The first-order chi connectivity index (χ1) is 9.43. The van der Waals surface area contributed by atoms with E-state index in [0.717, 1.165) is 15.6 Å². The minimum absolute atomic E-state index is 0.00706. The minimum atomic E-state index is -3.60. The third-order valence-electron chi connectivity index (χ3n) is 2.84. The number of rotatable bonds is 8. The van der Waals surface area contributed by atoms with E-state index in [1.54, 1.807) is 11.4 Å². The molecule has 1 aromatic rings. The number of thiophene rings is 1. The Hall–Kier alpha value is -0.960. The number of aliphatic hydroxyl groups is 1. The van der Waals surface area contributed by atoms with Crippen LogP contribution in [0.15, 0.2) is 21.7 Å². The lowest BCUT2D eigenvalue weighted by Crippen LogP contribution is -2.41. The van der Waals surface area contributed by atoms with E-state index < -0.39 is 10.0 Å². The Morgan fingerprint density at radius 3 is 2.65 bits per heavy atom. The van der Waals surface area contributed by atoms with E-state index in [0.29, 0.717) is 19.5 Å². The van der Waals surface area contributed by atoms with Gasteiger partial charge in [-0.3, -0.25) is 4.79 Å². The van der Waals surface area contributed by atoms with Crippen molar-refractivity contribution in [3.05, 3.63) is 17.5 Å². The van der Waals surface area contributed by atoms with Crippen molar-refractivity contribution >= 4 is 27.3 Å². The summed E-state index contributed by atoms with van der Waals surface area (Å²) in [6, 6.07) is 3.18. The zero-order valence-corrected chi connectivity index (χ0v) is 13.3. The molecule has 0 radical (unpaired) electrons. The second-order valence-electron chi connectivity index (χ2n) is 4.24. The Balaban J connectivity index is 2.69. The lowest BCUT2D eigenvalue weighted by molar-refractivity contribution is -0.131. The highest BCUT2D eigenvalue weighted by Gasteiger charge is 2.25. The number of carbonyl (C=O) groups excluding carboxylic acids is 1. The standard InChI is InChI=1S/C12H20N2O4S2/c1-3-14(7-5-8-15)11(16)10-13(2)20(17,18)12-6-4-9-19-12/h4,6,9,15H,3,5,7-8,10H2,1-2H3. The summed E-state index contributed by atoms with van der Waals surface area (Å²) < 4.78 is 25.6. The van der Waals surface area contributed by atoms with Crippen molar-refractivity contribution in [2.45, 2.75) is 17.6 Å². The Bertz CT molecular complexity index is 514. The number of hydrogen-bond donors (Lipinski definition) is 1. The summed E-state index contributed by atoms with van der Waals surface area (Å²) in [5.74, 6) is -0.261. The molecule has 0 bridgehead atoms. The van der Waals surface area contributed by atoms with Crippen LogP contribution in [0.1, 0.15) is 13.3 Å². The maximum atomic E-state index is 12.2. The molecule has 8 heteroatoms. The van der Waals surface area contributed by atoms with E-state index in [9.17, 15) is 13.2 Å². The van der Waals surface area contributed by atoms with Gasteiger partial charge >= 0.3 is 0 Å². The summed E-state index contributed by atoms with van der Waals surface area (Å²) in [6.45, 7) is 2.56. The second kappa shape index (κ2) is 7.72. The largest absolute Gasteiger partial charge is 0.396 e. The molecule has 0 unspecified atom stereocenters. The average molecular weight is 320 g/mol. The molecule has 1 amide bonds. The lowest BCUT2D eigenvalue weighted by Gasteiger charge is -2.23. The minimum Gasteiger partial charge on any atom is -0.396 e. The fourth-order valence-electron chi connectivity index (χ4n) is 1.66. The predicted molar refractivity (Wildman–Crippen MR) is 78.1 cm³/mol. The SMILES string of the molecule is CCN(CCCO)C(=O)CN(C)S(=O)(=O)c1cccs1. The van der Waals surface area contributed by atoms with Crippen LogP contribution >= 0.6 is 11.3 Å². The van der Waals surface area contributed by atoms with Crippen molar-refractivity contribution in [1.29, 1.82) is 0 Å². The number of likely N-dealkylation sites (N-methyl/N-ethyl adjacent to an activating group) is 2. The monoisotopic (exact) mass is 320 g/mol. The first-order valence-electron chi connectivity index (χ1n) is 6.32. The van der Waals surface area contributed by atoms with Crippen LogP contribution < -0.4 is 0 Å². The maximum absolute atomic E-state index is 12.2. The van der Waals surface area contributed by atoms with E-state index in [-0.39, 0.29) is 23.3 Å². The highest BCUT2D eigenvalue weighted by molar-refractivity contribution is 7.91. The molecule has 114 valence electrons. The highest BCUT2D eigenvalue weighted by Crippen LogP contribution is 2.19. The second-order valence-corrected chi connectivity index (χ2v) is 7.46. The van der Waals surface area contributed by atoms with Crippen LogP contribution in [-0.4, -0.2) is 61.9 Å². The first kappa shape index (κ1) is 17.1. The topological polar surface area (TPSA) is 77.9 Å². The molecule has 1 N–H and O–H groups in total. The fourth-order valence-corrected chi connectivity index (χ4v) is 3.98. The van der Waals surface area contributed by atoms with Gasteiger partial charge < -0.3 is 10.0 Å². The smallest absolute Gasteiger partial charge is 0.252 e. The number of carbonyl (C=O) groups is 1. The van der Waals surface area contributed by atoms with Crippen molar-refractivity contribution in [3.8, 4) is 0 Å². The van der Waals surface area contributed by atoms with E-state index in [1.807, 2.05) is 6.92 Å². The normalized spacial score (nSPS) is 11.8. The number of sulfonamides is 1. The van der Waals surface area contributed by atoms with Gasteiger partial charge in [0, 0.05) is 26.7 Å². The lowest BCUT2D eigenvalue weighted by atomic mass is 10.3. The van der Waals surface area contributed by atoms with Gasteiger partial charge in [0.25, 0.3) is 10.0 Å². The molecule has 20 heavy (non-hydrogen) atoms. The van der Waals surface area contributed by atoms with Gasteiger partial charge in [-0.15, -0.1) is 11.3 Å². The molecule has 0 aliphatic heterocycles. The summed E-state index contributed by atoms with van der Waals surface area (Å²) in [6.07, 6.45) is 0.487. The number of hydrogen-bond acceptors (Lipinski definition) is 5. The summed E-state index contributed by atoms with van der Waals surface area (Å²) in [5.41, 5.74) is 0. The highest BCUT2D eigenvalue weighted by atomic mass is 32.2. The molecule has 0 fully saturated rings. The number of nitrogens with zero attached hydrogens (tertiary/aromatic N) is 2. The molecule has 0 aromatic carbocycles. The van der Waals surface area contributed by atoms with Crippen molar-refractivity contribution < 1.29 is 18.3 Å². The summed E-state index contributed by atoms with van der Waals surface area (Å²) in [4.78, 5) is 13.6. The summed E-state index contributed by atoms with van der Waals surface area (Å²) in [7, 11) is -2.20. The van der Waals surface area contributed by atoms with Gasteiger partial charge in [0.05, 0.1) is 6.54 Å². The molecular weight excluding hydrogens is 300 g/mol. The number of amides is 1. The average Bonchev–Trinajstić information content (AvgIpc) is 2.94. The zero-order chi connectivity index (χ0) is 15.2. The van der Waals surface area contributed by atoms with Crippen molar-refractivity contribution in [3.63, 3.8) is 0 Å². The molecular formula is C12H20N2O4S2. The molecule has 1 heterocycles. The van der Waals surface area contributed by atoms with Gasteiger partial charge in [0.1, 0.15) is 4.21 Å². The molecule has 1 rings (SSSR count). The molecule has 0 saturated carbocycles. The fraction of sp³-hybridized carbons (Fsp3) is 0.583. The van der Waals surface area contributed by atoms with Gasteiger partial charge in [-0.05, 0) is 24.8 Å². The Labute approximate surface area is 123 Å². The first-order valence-corrected chi connectivity index (χ1v) is 8.64. The van der Waals surface area contributed by atoms with E-state index >= 15 is 0 Å². The van der Waals surface area contributed by atoms with E-state index in [1.165, 1.54) is 18.0 Å².